The molecule has 1 fully saturated rings. The Morgan fingerprint density at radius 2 is 2.17 bits per heavy atom. The Morgan fingerprint density at radius 1 is 1.39 bits per heavy atom. The summed E-state index contributed by atoms with van der Waals surface area (Å²) < 4.78 is 26.2. The van der Waals surface area contributed by atoms with Crippen LogP contribution in [0.5, 0.6) is 0 Å². The van der Waals surface area contributed by atoms with E-state index in [0.717, 1.165) is 18.7 Å². The molecule has 2 N–H and O–H groups in total. The fraction of sp³-hybridized carbons (Fsp3) is 0.500. The van der Waals surface area contributed by atoms with Crippen molar-refractivity contribution < 1.29 is 18.4 Å². The van der Waals surface area contributed by atoms with E-state index in [2.05, 4.69) is 10.6 Å². The monoisotopic (exact) mass is 325 g/mol. The topological polar surface area (TPSA) is 61.4 Å². The van der Waals surface area contributed by atoms with E-state index in [0.29, 0.717) is 32.0 Å². The van der Waals surface area contributed by atoms with E-state index in [-0.39, 0.29) is 24.1 Å². The molecule has 0 aliphatic carbocycles. The number of nitrogens with zero attached hydrogens (tertiary/aromatic N) is 1. The van der Waals surface area contributed by atoms with Crippen molar-refractivity contribution in [1.82, 2.24) is 15.5 Å². The maximum atomic E-state index is 13.5. The average Bonchev–Trinajstić information content (AvgIpc) is 2.51. The molecule has 0 bridgehead atoms. The van der Waals surface area contributed by atoms with Crippen molar-refractivity contribution in [3.8, 4) is 0 Å². The molecule has 1 saturated heterocycles. The number of nitrogens with one attached hydrogen (secondary N) is 2. The lowest BCUT2D eigenvalue weighted by Crippen LogP contribution is -2.51. The number of benzene rings is 1. The predicted octanol–water partition coefficient (Wildman–Crippen LogP) is 1.30. The highest BCUT2D eigenvalue weighted by molar-refractivity contribution is 5.94. The third kappa shape index (κ3) is 4.99. The molecule has 1 unspecified atom stereocenters. The van der Waals surface area contributed by atoms with Crippen LogP contribution in [0.15, 0.2) is 18.2 Å². The minimum atomic E-state index is -0.895. The largest absolute Gasteiger partial charge is 0.352 e. The van der Waals surface area contributed by atoms with Crippen molar-refractivity contribution in [2.75, 3.05) is 26.2 Å². The van der Waals surface area contributed by atoms with E-state index in [4.69, 9.17) is 0 Å². The molecular formula is C16H21F2N3O2. The first-order valence-electron chi connectivity index (χ1n) is 7.72. The van der Waals surface area contributed by atoms with Crippen LogP contribution >= 0.6 is 0 Å². The van der Waals surface area contributed by atoms with Gasteiger partial charge in [-0.2, -0.15) is 0 Å². The number of carbonyl (C=O) groups is 2. The molecule has 0 saturated carbocycles. The first-order valence-corrected chi connectivity index (χ1v) is 7.72. The summed E-state index contributed by atoms with van der Waals surface area (Å²) in [5.41, 5.74) is -0.200. The van der Waals surface area contributed by atoms with Gasteiger partial charge in [0.2, 0.25) is 5.91 Å². The molecule has 5 nitrogen and oxygen atoms in total. The summed E-state index contributed by atoms with van der Waals surface area (Å²) in [5, 5.41) is 5.81. The van der Waals surface area contributed by atoms with Gasteiger partial charge in [-0.1, -0.05) is 0 Å². The molecular weight excluding hydrogens is 304 g/mol. The first-order chi connectivity index (χ1) is 11.0. The predicted molar refractivity (Wildman–Crippen MR) is 82.0 cm³/mol. The Labute approximate surface area is 134 Å². The minimum Gasteiger partial charge on any atom is -0.352 e. The van der Waals surface area contributed by atoms with Gasteiger partial charge in [-0.15, -0.1) is 0 Å². The molecule has 0 aromatic heterocycles. The highest BCUT2D eigenvalue weighted by atomic mass is 19.1. The molecule has 1 aliphatic heterocycles. The fourth-order valence-corrected chi connectivity index (χ4v) is 2.53. The van der Waals surface area contributed by atoms with Crippen molar-refractivity contribution in [3.05, 3.63) is 35.4 Å². The molecule has 1 heterocycles. The summed E-state index contributed by atoms with van der Waals surface area (Å²) >= 11 is 0. The summed E-state index contributed by atoms with van der Waals surface area (Å²) in [6, 6.07) is 3.10. The van der Waals surface area contributed by atoms with Gasteiger partial charge in [0.1, 0.15) is 11.6 Å². The Morgan fingerprint density at radius 3 is 2.87 bits per heavy atom. The SMILES string of the molecule is CC1CN(C(=O)CCCNC(=O)c2ccc(F)cc2F)CCN1. The lowest BCUT2D eigenvalue weighted by Gasteiger charge is -2.32. The molecule has 126 valence electrons. The quantitative estimate of drug-likeness (QED) is 0.802. The summed E-state index contributed by atoms with van der Waals surface area (Å²) in [7, 11) is 0. The number of halogens is 2. The van der Waals surface area contributed by atoms with Crippen molar-refractivity contribution in [3.63, 3.8) is 0 Å². The fourth-order valence-electron chi connectivity index (χ4n) is 2.53. The van der Waals surface area contributed by atoms with Gasteiger partial charge in [-0.25, -0.2) is 8.78 Å². The van der Waals surface area contributed by atoms with Crippen molar-refractivity contribution in [2.24, 2.45) is 0 Å². The Hall–Kier alpha value is -2.02. The standard InChI is InChI=1S/C16H21F2N3O2/c1-11-10-21(8-7-19-11)15(22)3-2-6-20-16(23)13-5-4-12(17)9-14(13)18/h4-5,9,11,19H,2-3,6-8,10H2,1H3,(H,20,23). The van der Waals surface area contributed by atoms with Crippen LogP contribution in [-0.2, 0) is 4.79 Å². The molecule has 2 rings (SSSR count). The van der Waals surface area contributed by atoms with Gasteiger partial charge in [0.05, 0.1) is 5.56 Å². The van der Waals surface area contributed by atoms with E-state index in [1.54, 1.807) is 0 Å². The molecule has 1 aromatic rings. The zero-order chi connectivity index (χ0) is 16.8. The second-order valence-corrected chi connectivity index (χ2v) is 5.68. The van der Waals surface area contributed by atoms with Gasteiger partial charge in [-0.3, -0.25) is 9.59 Å². The van der Waals surface area contributed by atoms with Crippen molar-refractivity contribution in [2.45, 2.75) is 25.8 Å². The number of piperazine rings is 1. The minimum absolute atomic E-state index is 0.0561. The summed E-state index contributed by atoms with van der Waals surface area (Å²) in [4.78, 5) is 25.6. The van der Waals surface area contributed by atoms with Gasteiger partial charge in [0.15, 0.2) is 0 Å². The number of carbonyl (C=O) groups excluding carboxylic acids is 2. The van der Waals surface area contributed by atoms with Gasteiger partial charge >= 0.3 is 0 Å². The average molecular weight is 325 g/mol. The van der Waals surface area contributed by atoms with Crippen LogP contribution in [0.25, 0.3) is 0 Å². The van der Waals surface area contributed by atoms with E-state index < -0.39 is 17.5 Å². The van der Waals surface area contributed by atoms with Crippen LogP contribution < -0.4 is 10.6 Å². The molecule has 23 heavy (non-hydrogen) atoms. The lowest BCUT2D eigenvalue weighted by molar-refractivity contribution is -0.132. The highest BCUT2D eigenvalue weighted by Crippen LogP contribution is 2.09. The van der Waals surface area contributed by atoms with E-state index in [1.807, 2.05) is 11.8 Å². The van der Waals surface area contributed by atoms with Gasteiger partial charge in [-0.05, 0) is 25.5 Å². The Balaban J connectivity index is 1.72. The Bertz CT molecular complexity index is 580. The Kier molecular flexibility index (Phi) is 6.04. The molecule has 2 amide bonds. The van der Waals surface area contributed by atoms with Crippen LogP contribution in [0.2, 0.25) is 0 Å². The van der Waals surface area contributed by atoms with Crippen LogP contribution in [0.3, 0.4) is 0 Å². The van der Waals surface area contributed by atoms with Gasteiger partial charge < -0.3 is 15.5 Å². The number of hydrogen-bond donors (Lipinski definition) is 2. The molecule has 7 heteroatoms. The smallest absolute Gasteiger partial charge is 0.254 e. The summed E-state index contributed by atoms with van der Waals surface area (Å²) in [6.45, 7) is 4.45. The zero-order valence-corrected chi connectivity index (χ0v) is 13.1. The number of hydrogen-bond acceptors (Lipinski definition) is 3. The number of rotatable bonds is 5. The van der Waals surface area contributed by atoms with E-state index >= 15 is 0 Å². The molecule has 1 atom stereocenters. The number of amides is 2. The second-order valence-electron chi connectivity index (χ2n) is 5.68. The van der Waals surface area contributed by atoms with E-state index in [1.165, 1.54) is 0 Å². The highest BCUT2D eigenvalue weighted by Gasteiger charge is 2.20. The third-order valence-electron chi connectivity index (χ3n) is 3.75. The molecule has 1 aromatic carbocycles. The van der Waals surface area contributed by atoms with Crippen LogP contribution in [0, 0.1) is 11.6 Å². The van der Waals surface area contributed by atoms with E-state index in [9.17, 15) is 18.4 Å². The summed E-state index contributed by atoms with van der Waals surface area (Å²) in [5.74, 6) is -2.17. The van der Waals surface area contributed by atoms with Crippen LogP contribution in [0.1, 0.15) is 30.1 Å². The van der Waals surface area contributed by atoms with Crippen LogP contribution in [0.4, 0.5) is 8.78 Å². The van der Waals surface area contributed by atoms with Crippen LogP contribution in [-0.4, -0.2) is 48.9 Å². The summed E-state index contributed by atoms with van der Waals surface area (Å²) in [6.07, 6.45) is 0.810. The molecule has 1 aliphatic rings. The maximum Gasteiger partial charge on any atom is 0.254 e. The lowest BCUT2D eigenvalue weighted by atomic mass is 10.2. The zero-order valence-electron chi connectivity index (χ0n) is 13.1. The van der Waals surface area contributed by atoms with Crippen molar-refractivity contribution in [1.29, 1.82) is 0 Å². The molecule has 0 spiro atoms. The maximum absolute atomic E-state index is 13.5. The second kappa shape index (κ2) is 8.01. The van der Waals surface area contributed by atoms with Gasteiger partial charge in [0.25, 0.3) is 5.91 Å². The normalized spacial score (nSPS) is 17.9. The molecule has 0 radical (unpaired) electrons. The van der Waals surface area contributed by atoms with Crippen molar-refractivity contribution >= 4 is 11.8 Å². The van der Waals surface area contributed by atoms with Gasteiger partial charge in [0, 0.05) is 44.7 Å². The third-order valence-corrected chi connectivity index (χ3v) is 3.75. The first kappa shape index (κ1) is 17.3.